The Morgan fingerprint density at radius 2 is 2.18 bits per heavy atom. The highest BCUT2D eigenvalue weighted by molar-refractivity contribution is 5.76. The minimum absolute atomic E-state index is 0.0290. The van der Waals surface area contributed by atoms with E-state index in [2.05, 4.69) is 9.88 Å². The first-order valence-corrected chi connectivity index (χ1v) is 7.96. The van der Waals surface area contributed by atoms with E-state index in [1.807, 2.05) is 17.7 Å². The Morgan fingerprint density at radius 3 is 2.91 bits per heavy atom. The highest BCUT2D eigenvalue weighted by Gasteiger charge is 2.38. The predicted octanol–water partition coefficient (Wildman–Crippen LogP) is -0.651. The van der Waals surface area contributed by atoms with E-state index in [0.29, 0.717) is 32.8 Å². The lowest BCUT2D eigenvalue weighted by atomic mass is 10.2. The number of hydrogen-bond donors (Lipinski definition) is 1. The molecule has 2 fully saturated rings. The van der Waals surface area contributed by atoms with Crippen LogP contribution in [0.25, 0.3) is 0 Å². The Kier molecular flexibility index (Phi) is 4.75. The lowest BCUT2D eigenvalue weighted by Crippen LogP contribution is -2.49. The van der Waals surface area contributed by atoms with Crippen molar-refractivity contribution in [1.29, 1.82) is 0 Å². The van der Waals surface area contributed by atoms with Crippen LogP contribution in [-0.4, -0.2) is 81.9 Å². The zero-order valence-corrected chi connectivity index (χ0v) is 13.0. The molecule has 2 atom stereocenters. The molecule has 0 saturated carbocycles. The van der Waals surface area contributed by atoms with Gasteiger partial charge < -0.3 is 19.3 Å². The molecular formula is C15H24N4O3. The molecule has 3 rings (SSSR count). The van der Waals surface area contributed by atoms with E-state index in [4.69, 9.17) is 4.74 Å². The van der Waals surface area contributed by atoms with Crippen LogP contribution in [0.3, 0.4) is 0 Å². The highest BCUT2D eigenvalue weighted by Crippen LogP contribution is 2.18. The zero-order valence-electron chi connectivity index (χ0n) is 13.0. The number of carbonyl (C=O) groups is 1. The van der Waals surface area contributed by atoms with Crippen molar-refractivity contribution < 1.29 is 14.6 Å². The molecule has 0 bridgehead atoms. The van der Waals surface area contributed by atoms with Crippen molar-refractivity contribution >= 4 is 5.91 Å². The molecule has 1 aromatic heterocycles. The first kappa shape index (κ1) is 15.5. The first-order chi connectivity index (χ1) is 10.7. The SMILES string of the molecule is CCc1nccn1CC(=O)N1C[C@@H](O)[C@H](N2CCOCC2)C1. The molecule has 22 heavy (non-hydrogen) atoms. The number of β-amino-alcohol motifs (C(OH)–C–C–N with tert-alkyl or cyclic N) is 1. The number of ether oxygens (including phenoxy) is 1. The summed E-state index contributed by atoms with van der Waals surface area (Å²) in [5.74, 6) is 0.959. The van der Waals surface area contributed by atoms with Crippen molar-refractivity contribution in [3.05, 3.63) is 18.2 Å². The molecule has 0 radical (unpaired) electrons. The summed E-state index contributed by atoms with van der Waals surface area (Å²) in [5, 5.41) is 10.3. The van der Waals surface area contributed by atoms with Crippen LogP contribution in [-0.2, 0) is 22.5 Å². The van der Waals surface area contributed by atoms with Gasteiger partial charge in [0.15, 0.2) is 0 Å². The average Bonchev–Trinajstić information content (AvgIpc) is 3.14. The Labute approximate surface area is 130 Å². The number of morpholine rings is 1. The number of nitrogens with zero attached hydrogens (tertiary/aromatic N) is 4. The van der Waals surface area contributed by atoms with Gasteiger partial charge in [-0.1, -0.05) is 6.92 Å². The van der Waals surface area contributed by atoms with E-state index in [9.17, 15) is 9.90 Å². The number of amides is 1. The van der Waals surface area contributed by atoms with Gasteiger partial charge in [0.2, 0.25) is 5.91 Å². The molecule has 7 heteroatoms. The summed E-state index contributed by atoms with van der Waals surface area (Å²) in [6.07, 6.45) is 3.89. The maximum atomic E-state index is 12.5. The van der Waals surface area contributed by atoms with Gasteiger partial charge in [-0.15, -0.1) is 0 Å². The molecule has 122 valence electrons. The smallest absolute Gasteiger partial charge is 0.242 e. The number of hydrogen-bond acceptors (Lipinski definition) is 5. The van der Waals surface area contributed by atoms with Crippen molar-refractivity contribution in [3.63, 3.8) is 0 Å². The molecule has 2 aliphatic heterocycles. The third-order valence-corrected chi connectivity index (χ3v) is 4.55. The fourth-order valence-electron chi connectivity index (χ4n) is 3.29. The first-order valence-electron chi connectivity index (χ1n) is 7.96. The second kappa shape index (κ2) is 6.76. The number of likely N-dealkylation sites (tertiary alicyclic amines) is 1. The van der Waals surface area contributed by atoms with Gasteiger partial charge in [0, 0.05) is 45.0 Å². The van der Waals surface area contributed by atoms with Crippen LogP contribution in [0.15, 0.2) is 12.4 Å². The number of aliphatic hydroxyl groups is 1. The molecule has 0 aliphatic carbocycles. The average molecular weight is 308 g/mol. The molecule has 2 saturated heterocycles. The lowest BCUT2D eigenvalue weighted by Gasteiger charge is -2.33. The maximum Gasteiger partial charge on any atom is 0.242 e. The lowest BCUT2D eigenvalue weighted by molar-refractivity contribution is -0.131. The van der Waals surface area contributed by atoms with Gasteiger partial charge in [-0.25, -0.2) is 4.98 Å². The largest absolute Gasteiger partial charge is 0.390 e. The molecule has 0 unspecified atom stereocenters. The topological polar surface area (TPSA) is 70.8 Å². The Hall–Kier alpha value is -1.44. The monoisotopic (exact) mass is 308 g/mol. The van der Waals surface area contributed by atoms with Crippen molar-refractivity contribution in [2.75, 3.05) is 39.4 Å². The normalized spacial score (nSPS) is 26.5. The molecule has 0 aromatic carbocycles. The van der Waals surface area contributed by atoms with E-state index in [0.717, 1.165) is 25.3 Å². The van der Waals surface area contributed by atoms with Gasteiger partial charge in [-0.2, -0.15) is 0 Å². The van der Waals surface area contributed by atoms with Gasteiger partial charge in [0.25, 0.3) is 0 Å². The van der Waals surface area contributed by atoms with Crippen LogP contribution in [0.1, 0.15) is 12.7 Å². The van der Waals surface area contributed by atoms with Crippen molar-refractivity contribution in [1.82, 2.24) is 19.4 Å². The van der Waals surface area contributed by atoms with E-state index in [-0.39, 0.29) is 11.9 Å². The van der Waals surface area contributed by atoms with E-state index < -0.39 is 6.10 Å². The van der Waals surface area contributed by atoms with Gasteiger partial charge in [0.05, 0.1) is 25.4 Å². The van der Waals surface area contributed by atoms with Gasteiger partial charge >= 0.3 is 0 Å². The number of imidazole rings is 1. The quantitative estimate of drug-likeness (QED) is 0.800. The predicted molar refractivity (Wildman–Crippen MR) is 80.4 cm³/mol. The van der Waals surface area contributed by atoms with Crippen LogP contribution in [0.2, 0.25) is 0 Å². The van der Waals surface area contributed by atoms with Crippen molar-refractivity contribution in [2.45, 2.75) is 32.0 Å². The molecule has 2 aliphatic rings. The van der Waals surface area contributed by atoms with E-state index in [1.54, 1.807) is 11.1 Å². The number of aromatic nitrogens is 2. The van der Waals surface area contributed by atoms with E-state index in [1.165, 1.54) is 0 Å². The summed E-state index contributed by atoms with van der Waals surface area (Å²) in [7, 11) is 0. The second-order valence-electron chi connectivity index (χ2n) is 5.91. The van der Waals surface area contributed by atoms with Crippen LogP contribution in [0.4, 0.5) is 0 Å². The summed E-state index contributed by atoms with van der Waals surface area (Å²) in [6, 6.07) is 0.0290. The zero-order chi connectivity index (χ0) is 15.5. The molecule has 1 N–H and O–H groups in total. The van der Waals surface area contributed by atoms with E-state index >= 15 is 0 Å². The minimum atomic E-state index is -0.476. The fourth-order valence-corrected chi connectivity index (χ4v) is 3.29. The van der Waals surface area contributed by atoms with Crippen LogP contribution >= 0.6 is 0 Å². The summed E-state index contributed by atoms with van der Waals surface area (Å²) in [5.41, 5.74) is 0. The molecule has 1 amide bonds. The minimum Gasteiger partial charge on any atom is -0.390 e. The maximum absolute atomic E-state index is 12.5. The standard InChI is InChI=1S/C15H24N4O3/c1-2-14-16-3-4-18(14)11-15(21)19-9-12(13(20)10-19)17-5-7-22-8-6-17/h3-4,12-13,20H,2,5-11H2,1H3/t12-,13-/m1/s1. The second-order valence-corrected chi connectivity index (χ2v) is 5.91. The molecule has 0 spiro atoms. The Bertz CT molecular complexity index is 513. The summed E-state index contributed by atoms with van der Waals surface area (Å²) < 4.78 is 7.24. The van der Waals surface area contributed by atoms with Crippen LogP contribution < -0.4 is 0 Å². The van der Waals surface area contributed by atoms with Crippen LogP contribution in [0, 0.1) is 0 Å². The summed E-state index contributed by atoms with van der Waals surface area (Å²) in [4.78, 5) is 20.7. The number of rotatable bonds is 4. The molecule has 3 heterocycles. The van der Waals surface area contributed by atoms with Crippen LogP contribution in [0.5, 0.6) is 0 Å². The fraction of sp³-hybridized carbons (Fsp3) is 0.733. The molecular weight excluding hydrogens is 284 g/mol. The third kappa shape index (κ3) is 3.16. The van der Waals surface area contributed by atoms with Crippen molar-refractivity contribution in [3.8, 4) is 0 Å². The number of aliphatic hydroxyl groups excluding tert-OH is 1. The Balaban J connectivity index is 1.60. The Morgan fingerprint density at radius 1 is 1.41 bits per heavy atom. The molecule has 7 nitrogen and oxygen atoms in total. The van der Waals surface area contributed by atoms with Crippen molar-refractivity contribution in [2.24, 2.45) is 0 Å². The third-order valence-electron chi connectivity index (χ3n) is 4.55. The van der Waals surface area contributed by atoms with Gasteiger partial charge in [0.1, 0.15) is 12.4 Å². The number of carbonyl (C=O) groups excluding carboxylic acids is 1. The summed E-state index contributed by atoms with van der Waals surface area (Å²) >= 11 is 0. The highest BCUT2D eigenvalue weighted by atomic mass is 16.5. The summed E-state index contributed by atoms with van der Waals surface area (Å²) in [6.45, 7) is 6.38. The molecule has 1 aromatic rings. The van der Waals surface area contributed by atoms with Gasteiger partial charge in [-0.05, 0) is 0 Å². The van der Waals surface area contributed by atoms with Gasteiger partial charge in [-0.3, -0.25) is 9.69 Å². The number of aryl methyl sites for hydroxylation is 1.